The second-order valence-corrected chi connectivity index (χ2v) is 5.12. The van der Waals surface area contributed by atoms with Crippen LogP contribution in [0.25, 0.3) is 0 Å². The molecule has 0 spiro atoms. The fraction of sp³-hybridized carbons (Fsp3) is 0.545. The van der Waals surface area contributed by atoms with Crippen LogP contribution in [-0.4, -0.2) is 29.8 Å². The van der Waals surface area contributed by atoms with Gasteiger partial charge in [-0.15, -0.1) is 0 Å². The Morgan fingerprint density at radius 2 is 2.44 bits per heavy atom. The van der Waals surface area contributed by atoms with Gasteiger partial charge in [0.25, 0.3) is 0 Å². The lowest BCUT2D eigenvalue weighted by Gasteiger charge is -2.33. The van der Waals surface area contributed by atoms with Crippen LogP contribution in [0.4, 0.5) is 11.5 Å². The topological polar surface area (TPSA) is 62.4 Å². The molecule has 1 aromatic heterocycles. The molecule has 1 unspecified atom stereocenters. The summed E-state index contributed by atoms with van der Waals surface area (Å²) < 4.78 is 0.893. The molecule has 1 atom stereocenters. The average Bonchev–Trinajstić information content (AvgIpc) is 2.29. The van der Waals surface area contributed by atoms with Gasteiger partial charge in [0.05, 0.1) is 5.69 Å². The molecule has 0 amide bonds. The summed E-state index contributed by atoms with van der Waals surface area (Å²) in [4.78, 5) is 6.50. The second kappa shape index (κ2) is 5.01. The number of piperidine rings is 1. The largest absolute Gasteiger partial charge is 0.396 e. The van der Waals surface area contributed by atoms with Crippen molar-refractivity contribution in [1.29, 1.82) is 0 Å². The third-order valence-electron chi connectivity index (χ3n) is 2.94. The molecule has 0 bridgehead atoms. The summed E-state index contributed by atoms with van der Waals surface area (Å²) in [7, 11) is 0. The van der Waals surface area contributed by atoms with E-state index in [9.17, 15) is 5.11 Å². The molecule has 1 fully saturated rings. The fourth-order valence-corrected chi connectivity index (χ4v) is 2.47. The van der Waals surface area contributed by atoms with E-state index >= 15 is 0 Å². The van der Waals surface area contributed by atoms with E-state index in [2.05, 4.69) is 25.8 Å². The average molecular weight is 286 g/mol. The van der Waals surface area contributed by atoms with Gasteiger partial charge in [-0.25, -0.2) is 4.98 Å². The summed E-state index contributed by atoms with van der Waals surface area (Å²) >= 11 is 3.34. The zero-order chi connectivity index (χ0) is 11.5. The van der Waals surface area contributed by atoms with Gasteiger partial charge in [-0.05, 0) is 40.8 Å². The Morgan fingerprint density at radius 1 is 1.62 bits per heavy atom. The van der Waals surface area contributed by atoms with Gasteiger partial charge in [0.15, 0.2) is 5.82 Å². The standard InChI is InChI=1S/C11H16BrN3O/c12-9-4-10(13)11(14-5-9)15-3-1-2-8(6-15)7-16/h4-5,8,16H,1-3,6-7,13H2. The van der Waals surface area contributed by atoms with Crippen molar-refractivity contribution in [2.24, 2.45) is 5.92 Å². The maximum absolute atomic E-state index is 9.18. The van der Waals surface area contributed by atoms with Crippen molar-refractivity contribution >= 4 is 27.4 Å². The Labute approximate surface area is 104 Å². The van der Waals surface area contributed by atoms with E-state index in [0.717, 1.165) is 36.2 Å². The quantitative estimate of drug-likeness (QED) is 0.867. The number of rotatable bonds is 2. The number of aliphatic hydroxyl groups excluding tert-OH is 1. The zero-order valence-corrected chi connectivity index (χ0v) is 10.7. The number of aliphatic hydroxyl groups is 1. The van der Waals surface area contributed by atoms with Crippen molar-refractivity contribution < 1.29 is 5.11 Å². The summed E-state index contributed by atoms with van der Waals surface area (Å²) in [6, 6.07) is 1.87. The van der Waals surface area contributed by atoms with Crippen LogP contribution in [0.5, 0.6) is 0 Å². The molecule has 0 saturated carbocycles. The van der Waals surface area contributed by atoms with Crippen molar-refractivity contribution in [3.8, 4) is 0 Å². The molecule has 1 aromatic rings. The van der Waals surface area contributed by atoms with E-state index in [0.29, 0.717) is 11.6 Å². The predicted molar refractivity (Wildman–Crippen MR) is 68.4 cm³/mol. The van der Waals surface area contributed by atoms with E-state index in [-0.39, 0.29) is 6.61 Å². The summed E-state index contributed by atoms with van der Waals surface area (Å²) in [6.45, 7) is 2.05. The van der Waals surface area contributed by atoms with E-state index < -0.39 is 0 Å². The van der Waals surface area contributed by atoms with Gasteiger partial charge in [-0.3, -0.25) is 0 Å². The number of hydrogen-bond acceptors (Lipinski definition) is 4. The lowest BCUT2D eigenvalue weighted by molar-refractivity contribution is 0.208. The molecule has 5 heteroatoms. The van der Waals surface area contributed by atoms with Crippen LogP contribution in [0.1, 0.15) is 12.8 Å². The van der Waals surface area contributed by atoms with E-state index in [1.807, 2.05) is 6.07 Å². The normalized spacial score (nSPS) is 21.1. The monoisotopic (exact) mass is 285 g/mol. The summed E-state index contributed by atoms with van der Waals surface area (Å²) in [6.07, 6.45) is 3.93. The number of anilines is 2. The predicted octanol–water partition coefficient (Wildman–Crippen LogP) is 1.64. The van der Waals surface area contributed by atoms with Crippen LogP contribution in [0.2, 0.25) is 0 Å². The maximum Gasteiger partial charge on any atom is 0.151 e. The SMILES string of the molecule is Nc1cc(Br)cnc1N1CCCC(CO)C1. The Morgan fingerprint density at radius 3 is 3.12 bits per heavy atom. The first-order valence-electron chi connectivity index (χ1n) is 5.47. The van der Waals surface area contributed by atoms with Crippen molar-refractivity contribution in [3.63, 3.8) is 0 Å². The van der Waals surface area contributed by atoms with Gasteiger partial charge in [-0.1, -0.05) is 0 Å². The van der Waals surface area contributed by atoms with Crippen LogP contribution in [-0.2, 0) is 0 Å². The van der Waals surface area contributed by atoms with Gasteiger partial charge >= 0.3 is 0 Å². The third-order valence-corrected chi connectivity index (χ3v) is 3.37. The summed E-state index contributed by atoms with van der Waals surface area (Å²) in [5.41, 5.74) is 6.63. The Kier molecular flexibility index (Phi) is 3.66. The highest BCUT2D eigenvalue weighted by molar-refractivity contribution is 9.10. The minimum atomic E-state index is 0.243. The number of halogens is 1. The summed E-state index contributed by atoms with van der Waals surface area (Å²) in [5, 5.41) is 9.18. The number of hydrogen-bond donors (Lipinski definition) is 2. The molecular weight excluding hydrogens is 270 g/mol. The smallest absolute Gasteiger partial charge is 0.151 e. The van der Waals surface area contributed by atoms with E-state index in [1.165, 1.54) is 0 Å². The fourth-order valence-electron chi connectivity index (χ4n) is 2.12. The number of nitrogens with zero attached hydrogens (tertiary/aromatic N) is 2. The molecule has 88 valence electrons. The Balaban J connectivity index is 2.16. The molecule has 1 aliphatic heterocycles. The van der Waals surface area contributed by atoms with Crippen LogP contribution >= 0.6 is 15.9 Å². The highest BCUT2D eigenvalue weighted by Gasteiger charge is 2.21. The lowest BCUT2D eigenvalue weighted by atomic mass is 9.99. The van der Waals surface area contributed by atoms with Crippen molar-refractivity contribution in [2.75, 3.05) is 30.3 Å². The number of nitrogen functional groups attached to an aromatic ring is 1. The minimum Gasteiger partial charge on any atom is -0.396 e. The van der Waals surface area contributed by atoms with Crippen LogP contribution < -0.4 is 10.6 Å². The molecular formula is C11H16BrN3O. The summed E-state index contributed by atoms with van der Waals surface area (Å²) in [5.74, 6) is 1.18. The van der Waals surface area contributed by atoms with Gasteiger partial charge < -0.3 is 15.7 Å². The minimum absolute atomic E-state index is 0.243. The van der Waals surface area contributed by atoms with E-state index in [1.54, 1.807) is 6.20 Å². The Hall–Kier alpha value is -0.810. The molecule has 0 radical (unpaired) electrons. The molecule has 4 nitrogen and oxygen atoms in total. The second-order valence-electron chi connectivity index (χ2n) is 4.20. The number of pyridine rings is 1. The van der Waals surface area contributed by atoms with Crippen LogP contribution in [0, 0.1) is 5.92 Å². The van der Waals surface area contributed by atoms with Gasteiger partial charge in [0, 0.05) is 30.4 Å². The van der Waals surface area contributed by atoms with Crippen molar-refractivity contribution in [2.45, 2.75) is 12.8 Å². The van der Waals surface area contributed by atoms with Crippen LogP contribution in [0.3, 0.4) is 0 Å². The first kappa shape index (κ1) is 11.7. The van der Waals surface area contributed by atoms with E-state index in [4.69, 9.17) is 5.73 Å². The Bertz CT molecular complexity index is 372. The van der Waals surface area contributed by atoms with Gasteiger partial charge in [0.2, 0.25) is 0 Å². The molecule has 1 aliphatic rings. The van der Waals surface area contributed by atoms with Crippen molar-refractivity contribution in [1.82, 2.24) is 4.98 Å². The third kappa shape index (κ3) is 2.47. The first-order chi connectivity index (χ1) is 7.70. The molecule has 0 aliphatic carbocycles. The molecule has 3 N–H and O–H groups in total. The highest BCUT2D eigenvalue weighted by atomic mass is 79.9. The zero-order valence-electron chi connectivity index (χ0n) is 9.06. The molecule has 1 saturated heterocycles. The number of nitrogens with two attached hydrogens (primary N) is 1. The van der Waals surface area contributed by atoms with Crippen molar-refractivity contribution in [3.05, 3.63) is 16.7 Å². The molecule has 0 aromatic carbocycles. The highest BCUT2D eigenvalue weighted by Crippen LogP contribution is 2.27. The lowest BCUT2D eigenvalue weighted by Crippen LogP contribution is -2.37. The van der Waals surface area contributed by atoms with Gasteiger partial charge in [-0.2, -0.15) is 0 Å². The maximum atomic E-state index is 9.18. The van der Waals surface area contributed by atoms with Gasteiger partial charge in [0.1, 0.15) is 0 Å². The molecule has 2 heterocycles. The van der Waals surface area contributed by atoms with Crippen LogP contribution in [0.15, 0.2) is 16.7 Å². The molecule has 16 heavy (non-hydrogen) atoms. The first-order valence-corrected chi connectivity index (χ1v) is 6.27. The number of aromatic nitrogens is 1. The molecule has 2 rings (SSSR count).